The largest absolute Gasteiger partial charge is 0.493 e. The lowest BCUT2D eigenvalue weighted by molar-refractivity contribution is 0.313. The van der Waals surface area contributed by atoms with Gasteiger partial charge >= 0.3 is 0 Å². The van der Waals surface area contributed by atoms with Crippen LogP contribution in [0.5, 0.6) is 5.75 Å². The van der Waals surface area contributed by atoms with E-state index in [1.807, 2.05) is 23.7 Å². The lowest BCUT2D eigenvalue weighted by Crippen LogP contribution is -2.26. The van der Waals surface area contributed by atoms with E-state index in [1.165, 1.54) is 17.2 Å². The number of aromatic nitrogens is 3. The second kappa shape index (κ2) is 7.85. The first kappa shape index (κ1) is 20.2. The van der Waals surface area contributed by atoms with E-state index in [-0.39, 0.29) is 5.82 Å². The molecule has 168 valence electrons. The lowest BCUT2D eigenvalue weighted by atomic mass is 9.95. The van der Waals surface area contributed by atoms with Crippen LogP contribution in [-0.2, 0) is 25.9 Å². The molecule has 4 heterocycles. The SMILES string of the molecule is Cc1cn2c(NCc3c(F)ccc4c3CCO4)ncc(-c3ccc4c(c3)CCN(C)C4)c2n1. The van der Waals surface area contributed by atoms with E-state index in [0.717, 1.165) is 59.7 Å². The monoisotopic (exact) mass is 443 g/mol. The maximum Gasteiger partial charge on any atom is 0.208 e. The molecule has 7 heteroatoms. The van der Waals surface area contributed by atoms with Crippen LogP contribution >= 0.6 is 0 Å². The van der Waals surface area contributed by atoms with E-state index >= 15 is 0 Å². The molecule has 0 spiro atoms. The van der Waals surface area contributed by atoms with Gasteiger partial charge in [0.1, 0.15) is 17.2 Å². The molecule has 0 radical (unpaired) electrons. The second-order valence-electron chi connectivity index (χ2n) is 9.00. The van der Waals surface area contributed by atoms with Gasteiger partial charge in [0.25, 0.3) is 0 Å². The number of nitrogens with one attached hydrogen (secondary N) is 1. The van der Waals surface area contributed by atoms with Crippen molar-refractivity contribution in [3.8, 4) is 16.9 Å². The fourth-order valence-corrected chi connectivity index (χ4v) is 4.96. The zero-order valence-corrected chi connectivity index (χ0v) is 18.9. The molecule has 0 aliphatic carbocycles. The van der Waals surface area contributed by atoms with Crippen LogP contribution in [0.2, 0.25) is 0 Å². The molecule has 0 atom stereocenters. The summed E-state index contributed by atoms with van der Waals surface area (Å²) in [5.74, 6) is 1.20. The van der Waals surface area contributed by atoms with Crippen molar-refractivity contribution in [2.45, 2.75) is 32.9 Å². The molecule has 1 N–H and O–H groups in total. The first-order valence-electron chi connectivity index (χ1n) is 11.4. The van der Waals surface area contributed by atoms with Crippen molar-refractivity contribution in [2.75, 3.05) is 25.5 Å². The molecule has 0 saturated carbocycles. The number of hydrogen-bond acceptors (Lipinski definition) is 5. The number of ether oxygens (including phenoxy) is 1. The minimum Gasteiger partial charge on any atom is -0.493 e. The maximum atomic E-state index is 14.6. The highest BCUT2D eigenvalue weighted by Crippen LogP contribution is 2.32. The zero-order valence-electron chi connectivity index (χ0n) is 18.9. The Labute approximate surface area is 192 Å². The van der Waals surface area contributed by atoms with Crippen LogP contribution < -0.4 is 10.1 Å². The first-order valence-corrected chi connectivity index (χ1v) is 11.4. The third kappa shape index (κ3) is 3.53. The van der Waals surface area contributed by atoms with Gasteiger partial charge in [-0.15, -0.1) is 0 Å². The highest BCUT2D eigenvalue weighted by Gasteiger charge is 2.20. The number of benzene rings is 2. The topological polar surface area (TPSA) is 54.7 Å². The van der Waals surface area contributed by atoms with Gasteiger partial charge in [-0.25, -0.2) is 14.4 Å². The number of nitrogens with zero attached hydrogens (tertiary/aromatic N) is 4. The van der Waals surface area contributed by atoms with E-state index in [9.17, 15) is 4.39 Å². The van der Waals surface area contributed by atoms with Crippen molar-refractivity contribution < 1.29 is 9.13 Å². The predicted molar refractivity (Wildman–Crippen MR) is 126 cm³/mol. The highest BCUT2D eigenvalue weighted by molar-refractivity contribution is 5.79. The van der Waals surface area contributed by atoms with E-state index < -0.39 is 0 Å². The standard InChI is InChI=1S/C26H26FN5O/c1-16-14-32-25(30-16)21(18-3-4-19-15-31(2)9-7-17(19)11-18)12-28-26(32)29-13-22-20-8-10-33-24(20)6-5-23(22)27/h3-6,11-12,14H,7-10,13,15H2,1-2H3,(H,28,29). The van der Waals surface area contributed by atoms with Crippen LogP contribution in [0.25, 0.3) is 16.8 Å². The molecule has 2 aromatic heterocycles. The Morgan fingerprint density at radius 2 is 2.06 bits per heavy atom. The Morgan fingerprint density at radius 1 is 1.15 bits per heavy atom. The number of halogens is 1. The predicted octanol–water partition coefficient (Wildman–Crippen LogP) is 4.38. The minimum atomic E-state index is -0.221. The van der Waals surface area contributed by atoms with Gasteiger partial charge in [0.15, 0.2) is 0 Å². The van der Waals surface area contributed by atoms with Gasteiger partial charge in [0.05, 0.1) is 12.3 Å². The average molecular weight is 444 g/mol. The Bertz CT molecular complexity index is 1380. The van der Waals surface area contributed by atoms with E-state index in [4.69, 9.17) is 14.7 Å². The molecule has 2 aromatic carbocycles. The van der Waals surface area contributed by atoms with Crippen molar-refractivity contribution in [3.63, 3.8) is 0 Å². The van der Waals surface area contributed by atoms with Gasteiger partial charge in [0, 0.05) is 55.1 Å². The fraction of sp³-hybridized carbons (Fsp3) is 0.308. The van der Waals surface area contributed by atoms with Gasteiger partial charge < -0.3 is 15.0 Å². The number of fused-ring (bicyclic) bond motifs is 3. The third-order valence-electron chi connectivity index (χ3n) is 6.70. The molecule has 0 unspecified atom stereocenters. The maximum absolute atomic E-state index is 14.6. The summed E-state index contributed by atoms with van der Waals surface area (Å²) in [7, 11) is 2.16. The summed E-state index contributed by atoms with van der Waals surface area (Å²) < 4.78 is 22.1. The molecule has 0 saturated heterocycles. The summed E-state index contributed by atoms with van der Waals surface area (Å²) in [6.45, 7) is 4.97. The van der Waals surface area contributed by atoms with E-state index in [0.29, 0.717) is 24.7 Å². The molecule has 2 aliphatic heterocycles. The zero-order chi connectivity index (χ0) is 22.5. The van der Waals surface area contributed by atoms with Crippen molar-refractivity contribution >= 4 is 11.6 Å². The molecular formula is C26H26FN5O. The molecule has 2 aliphatic rings. The molecular weight excluding hydrogens is 417 g/mol. The van der Waals surface area contributed by atoms with Crippen LogP contribution in [0.3, 0.4) is 0 Å². The molecule has 0 fully saturated rings. The molecule has 0 amide bonds. The summed E-state index contributed by atoms with van der Waals surface area (Å²) in [6, 6.07) is 9.85. The van der Waals surface area contributed by atoms with Crippen molar-refractivity contribution in [1.29, 1.82) is 0 Å². The van der Waals surface area contributed by atoms with Crippen LogP contribution in [0.1, 0.15) is 27.9 Å². The molecule has 6 nitrogen and oxygen atoms in total. The normalized spacial score (nSPS) is 15.4. The first-order chi connectivity index (χ1) is 16.1. The second-order valence-corrected chi connectivity index (χ2v) is 9.00. The average Bonchev–Trinajstić information content (AvgIpc) is 3.44. The highest BCUT2D eigenvalue weighted by atomic mass is 19.1. The summed E-state index contributed by atoms with van der Waals surface area (Å²) in [5.41, 5.74) is 8.23. The molecule has 0 bridgehead atoms. The Hall–Kier alpha value is -3.45. The summed E-state index contributed by atoms with van der Waals surface area (Å²) in [6.07, 6.45) is 5.61. The van der Waals surface area contributed by atoms with Crippen molar-refractivity contribution in [1.82, 2.24) is 19.3 Å². The fourth-order valence-electron chi connectivity index (χ4n) is 4.96. The summed E-state index contributed by atoms with van der Waals surface area (Å²) >= 11 is 0. The summed E-state index contributed by atoms with van der Waals surface area (Å²) in [4.78, 5) is 11.8. The quantitative estimate of drug-likeness (QED) is 0.507. The van der Waals surface area contributed by atoms with Crippen LogP contribution in [0, 0.1) is 12.7 Å². The molecule has 4 aromatic rings. The molecule has 6 rings (SSSR count). The number of rotatable bonds is 4. The number of anilines is 1. The summed E-state index contributed by atoms with van der Waals surface area (Å²) in [5, 5.41) is 3.33. The van der Waals surface area contributed by atoms with Crippen LogP contribution in [0.4, 0.5) is 10.3 Å². The van der Waals surface area contributed by atoms with Crippen molar-refractivity contribution in [2.24, 2.45) is 0 Å². The van der Waals surface area contributed by atoms with Crippen molar-refractivity contribution in [3.05, 3.63) is 76.5 Å². The van der Waals surface area contributed by atoms with Gasteiger partial charge in [-0.1, -0.05) is 18.2 Å². The third-order valence-corrected chi connectivity index (χ3v) is 6.70. The Kier molecular flexibility index (Phi) is 4.80. The Balaban J connectivity index is 1.35. The van der Waals surface area contributed by atoms with Gasteiger partial charge in [0.2, 0.25) is 5.95 Å². The number of likely N-dealkylation sites (N-methyl/N-ethyl adjacent to an activating group) is 1. The van der Waals surface area contributed by atoms with Gasteiger partial charge in [-0.2, -0.15) is 0 Å². The number of hydrogen-bond donors (Lipinski definition) is 1. The van der Waals surface area contributed by atoms with Gasteiger partial charge in [-0.3, -0.25) is 4.40 Å². The number of imidazole rings is 1. The van der Waals surface area contributed by atoms with Gasteiger partial charge in [-0.05, 0) is 49.2 Å². The smallest absolute Gasteiger partial charge is 0.208 e. The minimum absolute atomic E-state index is 0.221. The molecule has 33 heavy (non-hydrogen) atoms. The van der Waals surface area contributed by atoms with E-state index in [2.05, 4.69) is 35.5 Å². The lowest BCUT2D eigenvalue weighted by Gasteiger charge is -2.25. The van der Waals surface area contributed by atoms with E-state index in [1.54, 1.807) is 6.07 Å². The van der Waals surface area contributed by atoms with Crippen LogP contribution in [-0.4, -0.2) is 39.5 Å². The Morgan fingerprint density at radius 3 is 2.97 bits per heavy atom. The number of aryl methyl sites for hydroxylation is 1. The van der Waals surface area contributed by atoms with Crippen LogP contribution in [0.15, 0.2) is 42.7 Å².